The Hall–Kier alpha value is -3.94. The normalized spacial score (nSPS) is 18.5. The van der Waals surface area contributed by atoms with E-state index in [0.717, 1.165) is 11.1 Å². The first-order valence-corrected chi connectivity index (χ1v) is 9.63. The number of rotatable bonds is 4. The molecule has 4 heterocycles. The van der Waals surface area contributed by atoms with Gasteiger partial charge in [-0.3, -0.25) is 9.78 Å². The Balaban J connectivity index is 1.47. The Kier molecular flexibility index (Phi) is 4.72. The van der Waals surface area contributed by atoms with E-state index in [-0.39, 0.29) is 17.7 Å². The van der Waals surface area contributed by atoms with Crippen molar-refractivity contribution in [3.8, 4) is 11.4 Å². The number of likely N-dealkylation sites (tertiary alicyclic amines) is 1. The molecule has 1 saturated heterocycles. The largest absolute Gasteiger partial charge is 0.339 e. The van der Waals surface area contributed by atoms with Gasteiger partial charge in [0.1, 0.15) is 6.33 Å². The molecule has 0 aliphatic carbocycles. The average molecular weight is 398 g/mol. The van der Waals surface area contributed by atoms with E-state index in [1.165, 1.54) is 18.7 Å². The molecular formula is C22H18N6O2. The van der Waals surface area contributed by atoms with Crippen LogP contribution in [0.5, 0.6) is 0 Å². The molecular weight excluding hydrogens is 380 g/mol. The fourth-order valence-corrected chi connectivity index (χ4v) is 3.84. The predicted octanol–water partition coefficient (Wildman–Crippen LogP) is 2.95. The molecule has 3 aromatic heterocycles. The van der Waals surface area contributed by atoms with Crippen LogP contribution < -0.4 is 0 Å². The van der Waals surface area contributed by atoms with Crippen molar-refractivity contribution >= 4 is 5.91 Å². The molecule has 1 amide bonds. The number of carbonyl (C=O) groups is 1. The summed E-state index contributed by atoms with van der Waals surface area (Å²) in [5.41, 5.74) is 2.37. The summed E-state index contributed by atoms with van der Waals surface area (Å²) in [6, 6.07) is 13.6. The third kappa shape index (κ3) is 3.43. The van der Waals surface area contributed by atoms with E-state index in [2.05, 4.69) is 25.1 Å². The molecule has 30 heavy (non-hydrogen) atoms. The van der Waals surface area contributed by atoms with Crippen LogP contribution in [0, 0.1) is 0 Å². The first kappa shape index (κ1) is 18.1. The molecule has 8 nitrogen and oxygen atoms in total. The molecule has 5 rings (SSSR count). The molecule has 1 fully saturated rings. The van der Waals surface area contributed by atoms with E-state index in [9.17, 15) is 4.79 Å². The highest BCUT2D eigenvalue weighted by Gasteiger charge is 2.40. The van der Waals surface area contributed by atoms with E-state index in [1.54, 1.807) is 11.1 Å². The highest BCUT2D eigenvalue weighted by molar-refractivity contribution is 5.94. The van der Waals surface area contributed by atoms with Crippen LogP contribution in [-0.4, -0.2) is 49.0 Å². The van der Waals surface area contributed by atoms with Gasteiger partial charge in [-0.2, -0.15) is 4.98 Å². The minimum atomic E-state index is -0.132. The third-order valence-corrected chi connectivity index (χ3v) is 5.32. The summed E-state index contributed by atoms with van der Waals surface area (Å²) in [6.45, 7) is 0.983. The van der Waals surface area contributed by atoms with Crippen LogP contribution in [-0.2, 0) is 0 Å². The number of benzene rings is 1. The molecule has 0 saturated carbocycles. The molecule has 148 valence electrons. The van der Waals surface area contributed by atoms with Gasteiger partial charge in [-0.25, -0.2) is 9.97 Å². The molecule has 0 bridgehead atoms. The Morgan fingerprint density at radius 2 is 1.73 bits per heavy atom. The highest BCUT2D eigenvalue weighted by Crippen LogP contribution is 2.39. The molecule has 1 aliphatic rings. The fraction of sp³-hybridized carbons (Fsp3) is 0.182. The van der Waals surface area contributed by atoms with E-state index in [1.807, 2.05) is 48.7 Å². The zero-order chi connectivity index (χ0) is 20.3. The molecule has 0 unspecified atom stereocenters. The van der Waals surface area contributed by atoms with Gasteiger partial charge in [0.15, 0.2) is 0 Å². The summed E-state index contributed by atoms with van der Waals surface area (Å²) in [6.07, 6.45) is 8.03. The number of amides is 1. The monoisotopic (exact) mass is 398 g/mol. The first-order chi connectivity index (χ1) is 14.8. The van der Waals surface area contributed by atoms with E-state index in [4.69, 9.17) is 4.52 Å². The summed E-state index contributed by atoms with van der Waals surface area (Å²) < 4.78 is 5.64. The lowest BCUT2D eigenvalue weighted by Crippen LogP contribution is -2.29. The van der Waals surface area contributed by atoms with Gasteiger partial charge in [-0.1, -0.05) is 41.6 Å². The average Bonchev–Trinajstić information content (AvgIpc) is 3.48. The van der Waals surface area contributed by atoms with Gasteiger partial charge in [0.25, 0.3) is 5.91 Å². The summed E-state index contributed by atoms with van der Waals surface area (Å²) in [5.74, 6) is 0.804. The highest BCUT2D eigenvalue weighted by atomic mass is 16.5. The van der Waals surface area contributed by atoms with E-state index >= 15 is 0 Å². The number of carbonyl (C=O) groups excluding carboxylic acids is 1. The SMILES string of the molecule is O=C(c1cncnc1)N1C[C@@H](c2cccnc2)[C@H](c2nc(-c3ccccc3)no2)C1. The zero-order valence-electron chi connectivity index (χ0n) is 16.0. The van der Waals surface area contributed by atoms with E-state index < -0.39 is 0 Å². The molecule has 4 aromatic rings. The first-order valence-electron chi connectivity index (χ1n) is 9.63. The number of pyridine rings is 1. The minimum absolute atomic E-state index is 0.00338. The second-order valence-corrected chi connectivity index (χ2v) is 7.16. The van der Waals surface area contributed by atoms with E-state index in [0.29, 0.717) is 30.4 Å². The maximum atomic E-state index is 13.0. The van der Waals surface area contributed by atoms with Crippen LogP contribution in [0.1, 0.15) is 33.6 Å². The quantitative estimate of drug-likeness (QED) is 0.521. The van der Waals surface area contributed by atoms with Gasteiger partial charge >= 0.3 is 0 Å². The van der Waals surface area contributed by atoms with Crippen LogP contribution in [0.4, 0.5) is 0 Å². The Labute approximate surface area is 172 Å². The second-order valence-electron chi connectivity index (χ2n) is 7.16. The summed E-state index contributed by atoms with van der Waals surface area (Å²) in [4.78, 5) is 31.6. The molecule has 0 spiro atoms. The van der Waals surface area contributed by atoms with Gasteiger partial charge in [-0.05, 0) is 11.6 Å². The minimum Gasteiger partial charge on any atom is -0.339 e. The number of aromatic nitrogens is 5. The van der Waals surface area contributed by atoms with Crippen molar-refractivity contribution < 1.29 is 9.32 Å². The van der Waals surface area contributed by atoms with Crippen LogP contribution in [0.25, 0.3) is 11.4 Å². The van der Waals surface area contributed by atoms with Gasteiger partial charge in [0.2, 0.25) is 11.7 Å². The van der Waals surface area contributed by atoms with Gasteiger partial charge in [-0.15, -0.1) is 0 Å². The van der Waals surface area contributed by atoms with Crippen molar-refractivity contribution in [2.24, 2.45) is 0 Å². The van der Waals surface area contributed by atoms with Crippen LogP contribution in [0.15, 0.2) is 78.1 Å². The number of hydrogen-bond acceptors (Lipinski definition) is 7. The molecule has 1 aromatic carbocycles. The molecule has 8 heteroatoms. The van der Waals surface area contributed by atoms with Crippen molar-refractivity contribution in [3.63, 3.8) is 0 Å². The van der Waals surface area contributed by atoms with Crippen molar-refractivity contribution in [3.05, 3.63) is 90.6 Å². The topological polar surface area (TPSA) is 97.9 Å². The number of nitrogens with zero attached hydrogens (tertiary/aromatic N) is 6. The standard InChI is InChI=1S/C22H18N6O2/c29-22(17-10-24-14-25-11-17)28-12-18(16-7-4-8-23-9-16)19(13-28)21-26-20(27-30-21)15-5-2-1-3-6-15/h1-11,14,18-19H,12-13H2/t18-,19+/m0/s1. The van der Waals surface area contributed by atoms with Crippen molar-refractivity contribution in [2.45, 2.75) is 11.8 Å². The smallest absolute Gasteiger partial charge is 0.257 e. The lowest BCUT2D eigenvalue weighted by atomic mass is 9.90. The van der Waals surface area contributed by atoms with Crippen molar-refractivity contribution in [1.82, 2.24) is 30.0 Å². The van der Waals surface area contributed by atoms with Gasteiger partial charge < -0.3 is 9.42 Å². The van der Waals surface area contributed by atoms with Crippen molar-refractivity contribution in [1.29, 1.82) is 0 Å². The van der Waals surface area contributed by atoms with Crippen LogP contribution in [0.2, 0.25) is 0 Å². The van der Waals surface area contributed by atoms with Gasteiger partial charge in [0.05, 0.1) is 11.5 Å². The predicted molar refractivity (Wildman–Crippen MR) is 107 cm³/mol. The molecule has 1 aliphatic heterocycles. The Bertz CT molecular complexity index is 1130. The zero-order valence-corrected chi connectivity index (χ0v) is 16.0. The maximum absolute atomic E-state index is 13.0. The molecule has 0 radical (unpaired) electrons. The van der Waals surface area contributed by atoms with Crippen molar-refractivity contribution in [2.75, 3.05) is 13.1 Å². The molecule has 2 atom stereocenters. The summed E-state index contributed by atoms with van der Waals surface area (Å²) in [5, 5.41) is 4.16. The second kappa shape index (κ2) is 7.82. The van der Waals surface area contributed by atoms with Crippen LogP contribution in [0.3, 0.4) is 0 Å². The number of hydrogen-bond donors (Lipinski definition) is 0. The lowest BCUT2D eigenvalue weighted by Gasteiger charge is -2.16. The Morgan fingerprint density at radius 1 is 0.933 bits per heavy atom. The lowest BCUT2D eigenvalue weighted by molar-refractivity contribution is 0.0787. The third-order valence-electron chi connectivity index (χ3n) is 5.32. The molecule has 0 N–H and O–H groups in total. The summed E-state index contributed by atoms with van der Waals surface area (Å²) in [7, 11) is 0. The maximum Gasteiger partial charge on any atom is 0.257 e. The fourth-order valence-electron chi connectivity index (χ4n) is 3.84. The van der Waals surface area contributed by atoms with Gasteiger partial charge in [0, 0.05) is 49.4 Å². The summed E-state index contributed by atoms with van der Waals surface area (Å²) >= 11 is 0. The Morgan fingerprint density at radius 3 is 2.50 bits per heavy atom. The van der Waals surface area contributed by atoms with Crippen LogP contribution >= 0.6 is 0 Å².